The quantitative estimate of drug-likeness (QED) is 0.469. The normalized spacial score (nSPS) is 8.71. The van der Waals surface area contributed by atoms with Crippen LogP contribution < -0.4 is 0 Å². The van der Waals surface area contributed by atoms with Gasteiger partial charge in [0.2, 0.25) is 0 Å². The van der Waals surface area contributed by atoms with Gasteiger partial charge in [-0.05, 0) is 13.0 Å². The van der Waals surface area contributed by atoms with E-state index in [1.54, 1.807) is 12.3 Å². The van der Waals surface area contributed by atoms with E-state index >= 15 is 0 Å². The Morgan fingerprint density at radius 2 is 2.57 bits per heavy atom. The van der Waals surface area contributed by atoms with Crippen LogP contribution in [0, 0.1) is 13.1 Å². The van der Waals surface area contributed by atoms with Crippen LogP contribution in [-0.2, 0) is 0 Å². The van der Waals surface area contributed by atoms with Crippen LogP contribution in [0.5, 0.6) is 0 Å². The zero-order valence-corrected chi connectivity index (χ0v) is 4.05. The lowest BCUT2D eigenvalue weighted by Crippen LogP contribution is -1.80. The van der Waals surface area contributed by atoms with E-state index in [4.69, 9.17) is 0 Å². The molecule has 2 heteroatoms. The Morgan fingerprint density at radius 3 is 2.86 bits per heavy atom. The smallest absolute Gasteiger partial charge is 0.125 e. The maximum Gasteiger partial charge on any atom is 0.125 e. The standard InChI is InChI=1S/C5H5N2/c1-5-6-3-2-4-7-5/h2-3H,1H3. The van der Waals surface area contributed by atoms with E-state index in [1.165, 1.54) is 0 Å². The molecule has 35 valence electrons. The maximum absolute atomic E-state index is 3.84. The van der Waals surface area contributed by atoms with Crippen molar-refractivity contribution in [2.75, 3.05) is 0 Å². The fourth-order valence-electron chi connectivity index (χ4n) is 0.338. The molecule has 0 N–H and O–H groups in total. The highest BCUT2D eigenvalue weighted by Gasteiger charge is 1.75. The summed E-state index contributed by atoms with van der Waals surface area (Å²) in [6.45, 7) is 1.83. The van der Waals surface area contributed by atoms with Crippen LogP contribution in [0.3, 0.4) is 0 Å². The van der Waals surface area contributed by atoms with Gasteiger partial charge in [-0.25, -0.2) is 9.97 Å². The summed E-state index contributed by atoms with van der Waals surface area (Å²) in [7, 11) is 0. The molecule has 0 saturated heterocycles. The topological polar surface area (TPSA) is 25.8 Å². The van der Waals surface area contributed by atoms with E-state index in [2.05, 4.69) is 16.2 Å². The molecule has 0 aliphatic carbocycles. The van der Waals surface area contributed by atoms with Crippen LogP contribution in [0.15, 0.2) is 12.3 Å². The molecule has 1 radical (unpaired) electrons. The Kier molecular flexibility index (Phi) is 1.02. The van der Waals surface area contributed by atoms with Crippen LogP contribution in [0.4, 0.5) is 0 Å². The van der Waals surface area contributed by atoms with Crippen molar-refractivity contribution in [3.63, 3.8) is 0 Å². The van der Waals surface area contributed by atoms with Crippen LogP contribution in [0.1, 0.15) is 5.82 Å². The zero-order valence-electron chi connectivity index (χ0n) is 4.05. The predicted octanol–water partition coefficient (Wildman–Crippen LogP) is 0.585. The summed E-state index contributed by atoms with van der Waals surface area (Å²) in [6, 6.07) is 1.67. The van der Waals surface area contributed by atoms with Crippen LogP contribution in [0.2, 0.25) is 0 Å². The summed E-state index contributed by atoms with van der Waals surface area (Å²) < 4.78 is 0. The van der Waals surface area contributed by atoms with E-state index < -0.39 is 0 Å². The second-order valence-corrected chi connectivity index (χ2v) is 1.23. The SMILES string of the molecule is Cc1n[c]ccn1. The predicted molar refractivity (Wildman–Crippen MR) is 25.6 cm³/mol. The van der Waals surface area contributed by atoms with Gasteiger partial charge >= 0.3 is 0 Å². The summed E-state index contributed by atoms with van der Waals surface area (Å²) >= 11 is 0. The molecule has 1 aromatic rings. The first-order valence-electron chi connectivity index (χ1n) is 2.05. The number of nitrogens with zero attached hydrogens (tertiary/aromatic N) is 2. The molecular weight excluding hydrogens is 88.1 g/mol. The van der Waals surface area contributed by atoms with Gasteiger partial charge < -0.3 is 0 Å². The van der Waals surface area contributed by atoms with Crippen molar-refractivity contribution >= 4 is 0 Å². The summed E-state index contributed by atoms with van der Waals surface area (Å²) in [5.41, 5.74) is 0. The minimum atomic E-state index is 0.766. The van der Waals surface area contributed by atoms with Crippen molar-refractivity contribution < 1.29 is 0 Å². The fraction of sp³-hybridized carbons (Fsp3) is 0.200. The molecule has 0 aliphatic heterocycles. The number of aromatic nitrogens is 2. The Bertz CT molecular complexity index is 136. The molecule has 1 rings (SSSR count). The molecular formula is C5H5N2. The number of hydrogen-bond donors (Lipinski definition) is 0. The Morgan fingerprint density at radius 1 is 1.71 bits per heavy atom. The van der Waals surface area contributed by atoms with E-state index in [9.17, 15) is 0 Å². The second-order valence-electron chi connectivity index (χ2n) is 1.23. The molecule has 0 atom stereocenters. The molecule has 0 amide bonds. The lowest BCUT2D eigenvalue weighted by Gasteiger charge is -1.80. The number of rotatable bonds is 0. The molecule has 1 heterocycles. The van der Waals surface area contributed by atoms with Crippen LogP contribution in [-0.4, -0.2) is 9.97 Å². The molecule has 0 bridgehead atoms. The highest BCUT2D eigenvalue weighted by Crippen LogP contribution is 1.77. The Hall–Kier alpha value is -0.920. The van der Waals surface area contributed by atoms with Crippen molar-refractivity contribution in [2.24, 2.45) is 0 Å². The summed E-state index contributed by atoms with van der Waals surface area (Å²) in [6.07, 6.45) is 4.32. The fourth-order valence-corrected chi connectivity index (χ4v) is 0.338. The van der Waals surface area contributed by atoms with Crippen molar-refractivity contribution in [2.45, 2.75) is 6.92 Å². The van der Waals surface area contributed by atoms with Gasteiger partial charge in [-0.1, -0.05) is 0 Å². The third-order valence-electron chi connectivity index (χ3n) is 0.637. The first-order chi connectivity index (χ1) is 3.39. The van der Waals surface area contributed by atoms with Gasteiger partial charge in [0, 0.05) is 6.20 Å². The van der Waals surface area contributed by atoms with Crippen molar-refractivity contribution in [3.8, 4) is 0 Å². The van der Waals surface area contributed by atoms with Crippen LogP contribution in [0.25, 0.3) is 0 Å². The van der Waals surface area contributed by atoms with Gasteiger partial charge in [0.1, 0.15) is 5.82 Å². The Balaban J connectivity index is 3.02. The number of aryl methyl sites for hydroxylation is 1. The molecule has 0 unspecified atom stereocenters. The van der Waals surface area contributed by atoms with E-state index in [0.29, 0.717) is 0 Å². The van der Waals surface area contributed by atoms with Crippen molar-refractivity contribution in [1.29, 1.82) is 0 Å². The molecule has 0 aliphatic rings. The van der Waals surface area contributed by atoms with Gasteiger partial charge in [-0.3, -0.25) is 0 Å². The summed E-state index contributed by atoms with van der Waals surface area (Å²) in [5.74, 6) is 0.766. The third-order valence-corrected chi connectivity index (χ3v) is 0.637. The van der Waals surface area contributed by atoms with Crippen molar-refractivity contribution in [1.82, 2.24) is 9.97 Å². The Labute approximate surface area is 42.2 Å². The molecule has 0 aromatic carbocycles. The lowest BCUT2D eigenvalue weighted by atomic mass is 10.6. The molecule has 7 heavy (non-hydrogen) atoms. The molecule has 0 spiro atoms. The first-order valence-corrected chi connectivity index (χ1v) is 2.05. The van der Waals surface area contributed by atoms with Gasteiger partial charge in [0.05, 0.1) is 6.20 Å². The lowest BCUT2D eigenvalue weighted by molar-refractivity contribution is 1.05. The minimum Gasteiger partial charge on any atom is -0.242 e. The molecule has 0 fully saturated rings. The third kappa shape index (κ3) is 0.961. The van der Waals surface area contributed by atoms with Gasteiger partial charge in [0.25, 0.3) is 0 Å². The average Bonchev–Trinajstić information content (AvgIpc) is 1.69. The van der Waals surface area contributed by atoms with E-state index in [0.717, 1.165) is 5.82 Å². The van der Waals surface area contributed by atoms with E-state index in [1.807, 2.05) is 6.92 Å². The van der Waals surface area contributed by atoms with Crippen LogP contribution >= 0.6 is 0 Å². The van der Waals surface area contributed by atoms with Gasteiger partial charge in [0.15, 0.2) is 0 Å². The minimum absolute atomic E-state index is 0.766. The van der Waals surface area contributed by atoms with E-state index in [-0.39, 0.29) is 0 Å². The monoisotopic (exact) mass is 93.0 g/mol. The molecule has 2 nitrogen and oxygen atoms in total. The average molecular weight is 93.1 g/mol. The summed E-state index contributed by atoms with van der Waals surface area (Å²) in [4.78, 5) is 7.58. The molecule has 1 aromatic heterocycles. The van der Waals surface area contributed by atoms with Gasteiger partial charge in [-0.2, -0.15) is 0 Å². The highest BCUT2D eigenvalue weighted by atomic mass is 14.8. The summed E-state index contributed by atoms with van der Waals surface area (Å²) in [5, 5.41) is 0. The largest absolute Gasteiger partial charge is 0.242 e. The van der Waals surface area contributed by atoms with Gasteiger partial charge in [-0.15, -0.1) is 0 Å². The zero-order chi connectivity index (χ0) is 5.11. The first kappa shape index (κ1) is 4.24. The maximum atomic E-state index is 3.84. The highest BCUT2D eigenvalue weighted by molar-refractivity contribution is 4.82. The van der Waals surface area contributed by atoms with Crippen molar-refractivity contribution in [3.05, 3.63) is 24.3 Å². The second kappa shape index (κ2) is 1.69. The molecule has 0 saturated carbocycles. The number of hydrogen-bond acceptors (Lipinski definition) is 2.